The number of hydrogen-bond donors (Lipinski definition) is 2. The van der Waals surface area contributed by atoms with Crippen LogP contribution in [0.15, 0.2) is 94.4 Å². The van der Waals surface area contributed by atoms with E-state index in [-0.39, 0.29) is 5.91 Å². The summed E-state index contributed by atoms with van der Waals surface area (Å²) < 4.78 is 2.57. The monoisotopic (exact) mass is 591 g/mol. The molecule has 3 aromatic carbocycles. The van der Waals surface area contributed by atoms with E-state index < -0.39 is 0 Å². The summed E-state index contributed by atoms with van der Waals surface area (Å²) in [5.74, 6) is 0.717. The molecule has 9 heteroatoms. The van der Waals surface area contributed by atoms with E-state index in [9.17, 15) is 4.79 Å². The normalized spacial score (nSPS) is 11.0. The number of benzene rings is 3. The lowest BCUT2D eigenvalue weighted by Gasteiger charge is -2.12. The summed E-state index contributed by atoms with van der Waals surface area (Å²) in [6.45, 7) is 1.05. The molecular weight excluding hydrogens is 570 g/mol. The summed E-state index contributed by atoms with van der Waals surface area (Å²) >= 11 is 11.6. The fourth-order valence-corrected chi connectivity index (χ4v) is 4.85. The van der Waals surface area contributed by atoms with Gasteiger partial charge < -0.3 is 10.6 Å². The van der Waals surface area contributed by atoms with Gasteiger partial charge in [-0.3, -0.25) is 4.79 Å². The van der Waals surface area contributed by atoms with Crippen LogP contribution in [0.25, 0.3) is 16.9 Å². The molecule has 0 fully saturated rings. The number of fused-ring (bicyclic) bond motifs is 1. The third-order valence-electron chi connectivity index (χ3n) is 5.88. The molecular formula is C28H23BrClN5OS. The number of aromatic nitrogens is 3. The maximum atomic E-state index is 12.5. The summed E-state index contributed by atoms with van der Waals surface area (Å²) in [4.78, 5) is 18.3. The van der Waals surface area contributed by atoms with Gasteiger partial charge in [0.25, 0.3) is 5.91 Å². The van der Waals surface area contributed by atoms with Crippen LogP contribution in [-0.2, 0) is 13.1 Å². The highest BCUT2D eigenvalue weighted by Gasteiger charge is 2.13. The Bertz CT molecular complexity index is 1550. The Morgan fingerprint density at radius 2 is 1.70 bits per heavy atom. The van der Waals surface area contributed by atoms with Crippen molar-refractivity contribution in [3.63, 3.8) is 0 Å². The molecule has 2 heterocycles. The summed E-state index contributed by atoms with van der Waals surface area (Å²) in [5, 5.41) is 11.5. The topological polar surface area (TPSA) is 71.3 Å². The van der Waals surface area contributed by atoms with E-state index in [2.05, 4.69) is 31.7 Å². The highest BCUT2D eigenvalue weighted by molar-refractivity contribution is 9.10. The van der Waals surface area contributed by atoms with Gasteiger partial charge in [-0.1, -0.05) is 54.1 Å². The summed E-state index contributed by atoms with van der Waals surface area (Å²) in [6, 6.07) is 25.3. The maximum Gasteiger partial charge on any atom is 0.251 e. The Balaban J connectivity index is 1.26. The smallest absolute Gasteiger partial charge is 0.251 e. The number of rotatable bonds is 8. The molecule has 0 unspecified atom stereocenters. The molecule has 0 bridgehead atoms. The van der Waals surface area contributed by atoms with Crippen LogP contribution in [0.1, 0.15) is 21.5 Å². The number of hydrogen-bond acceptors (Lipinski definition) is 5. The van der Waals surface area contributed by atoms with Gasteiger partial charge in [-0.2, -0.15) is 9.61 Å². The molecule has 0 saturated heterocycles. The van der Waals surface area contributed by atoms with Crippen molar-refractivity contribution in [3.05, 3.63) is 111 Å². The van der Waals surface area contributed by atoms with Gasteiger partial charge in [0.1, 0.15) is 5.82 Å². The van der Waals surface area contributed by atoms with Crippen LogP contribution in [0.2, 0.25) is 5.02 Å². The third-order valence-corrected chi connectivity index (χ3v) is 7.51. The summed E-state index contributed by atoms with van der Waals surface area (Å²) in [7, 11) is 0. The molecule has 0 aliphatic carbocycles. The maximum absolute atomic E-state index is 12.5. The van der Waals surface area contributed by atoms with Gasteiger partial charge in [0.2, 0.25) is 0 Å². The molecule has 5 rings (SSSR count). The van der Waals surface area contributed by atoms with Crippen LogP contribution < -0.4 is 10.6 Å². The Hall–Kier alpha value is -3.33. The van der Waals surface area contributed by atoms with Crippen molar-refractivity contribution in [1.29, 1.82) is 0 Å². The Kier molecular flexibility index (Phi) is 7.79. The lowest BCUT2D eigenvalue weighted by atomic mass is 10.1. The van der Waals surface area contributed by atoms with Crippen molar-refractivity contribution in [3.8, 4) is 11.3 Å². The minimum Gasteiger partial charge on any atom is -0.366 e. The zero-order valence-corrected chi connectivity index (χ0v) is 23.1. The van der Waals surface area contributed by atoms with Crippen LogP contribution in [0.3, 0.4) is 0 Å². The number of carbonyl (C=O) groups excluding carboxylic acids is 1. The van der Waals surface area contributed by atoms with Gasteiger partial charge in [-0.25, -0.2) is 4.98 Å². The lowest BCUT2D eigenvalue weighted by molar-refractivity contribution is 0.0951. The number of thioether (sulfide) groups is 1. The fourth-order valence-electron chi connectivity index (χ4n) is 3.86. The highest BCUT2D eigenvalue weighted by atomic mass is 79.9. The fraction of sp³-hybridized carbons (Fsp3) is 0.107. The summed E-state index contributed by atoms with van der Waals surface area (Å²) in [5.41, 5.74) is 5.10. The molecule has 5 aromatic rings. The second-order valence-electron chi connectivity index (χ2n) is 8.32. The van der Waals surface area contributed by atoms with Crippen LogP contribution in [0.5, 0.6) is 0 Å². The van der Waals surface area contributed by atoms with E-state index in [1.807, 2.05) is 85.1 Å². The van der Waals surface area contributed by atoms with Gasteiger partial charge >= 0.3 is 0 Å². The standard InChI is InChI=1S/C28H23BrClN5OS/c1-37-21-12-10-20(11-13-21)28(36)32-16-19-8-6-18(7-9-19)15-31-26-14-25(22-4-2-3-5-24(22)30)34-27-23(29)17-33-35(26)27/h2-14,17,31H,15-16H2,1H3,(H,32,36). The minimum atomic E-state index is -0.0835. The highest BCUT2D eigenvalue weighted by Crippen LogP contribution is 2.30. The predicted octanol–water partition coefficient (Wildman–Crippen LogP) is 7.08. The van der Waals surface area contributed by atoms with E-state index in [0.717, 1.165) is 37.6 Å². The van der Waals surface area contributed by atoms with Crippen molar-refractivity contribution in [2.24, 2.45) is 0 Å². The average Bonchev–Trinajstić information content (AvgIpc) is 3.31. The molecule has 6 nitrogen and oxygen atoms in total. The molecule has 0 atom stereocenters. The molecule has 2 N–H and O–H groups in total. The van der Waals surface area contributed by atoms with Crippen molar-refractivity contribution in [2.45, 2.75) is 18.0 Å². The molecule has 0 aliphatic rings. The first-order valence-electron chi connectivity index (χ1n) is 11.5. The quantitative estimate of drug-likeness (QED) is 0.189. The largest absolute Gasteiger partial charge is 0.366 e. The van der Waals surface area contributed by atoms with E-state index in [1.54, 1.807) is 22.5 Å². The van der Waals surface area contributed by atoms with E-state index in [4.69, 9.17) is 16.6 Å². The van der Waals surface area contributed by atoms with Crippen molar-refractivity contribution < 1.29 is 4.79 Å². The minimum absolute atomic E-state index is 0.0835. The van der Waals surface area contributed by atoms with Crippen LogP contribution >= 0.6 is 39.3 Å². The number of halogens is 2. The molecule has 0 aliphatic heterocycles. The zero-order chi connectivity index (χ0) is 25.8. The molecule has 0 spiro atoms. The molecule has 0 saturated carbocycles. The number of carbonyl (C=O) groups is 1. The van der Waals surface area contributed by atoms with Gasteiger partial charge in [0.15, 0.2) is 5.65 Å². The average molecular weight is 593 g/mol. The van der Waals surface area contributed by atoms with Gasteiger partial charge in [0, 0.05) is 40.2 Å². The predicted molar refractivity (Wildman–Crippen MR) is 154 cm³/mol. The van der Waals surface area contributed by atoms with E-state index in [1.165, 1.54) is 0 Å². The van der Waals surface area contributed by atoms with E-state index >= 15 is 0 Å². The van der Waals surface area contributed by atoms with Gasteiger partial charge in [-0.15, -0.1) is 11.8 Å². The Labute approximate surface area is 232 Å². The lowest BCUT2D eigenvalue weighted by Crippen LogP contribution is -2.22. The summed E-state index contributed by atoms with van der Waals surface area (Å²) in [6.07, 6.45) is 3.74. The molecule has 0 radical (unpaired) electrons. The number of nitrogens with zero attached hydrogens (tertiary/aromatic N) is 3. The number of nitrogens with one attached hydrogen (secondary N) is 2. The third kappa shape index (κ3) is 5.82. The SMILES string of the molecule is CSc1ccc(C(=O)NCc2ccc(CNc3cc(-c4ccccc4Cl)nc4c(Br)cnn34)cc2)cc1. The Morgan fingerprint density at radius 3 is 2.41 bits per heavy atom. The Morgan fingerprint density at radius 1 is 1.00 bits per heavy atom. The van der Waals surface area contributed by atoms with Crippen LogP contribution in [-0.4, -0.2) is 26.8 Å². The van der Waals surface area contributed by atoms with Crippen molar-refractivity contribution in [1.82, 2.24) is 19.9 Å². The first kappa shape index (κ1) is 25.3. The van der Waals surface area contributed by atoms with Crippen molar-refractivity contribution >= 4 is 56.7 Å². The first-order valence-corrected chi connectivity index (χ1v) is 13.9. The first-order chi connectivity index (χ1) is 18.0. The second kappa shape index (κ2) is 11.4. The molecule has 1 amide bonds. The number of anilines is 1. The second-order valence-corrected chi connectivity index (χ2v) is 10.5. The van der Waals surface area contributed by atoms with Crippen LogP contribution in [0, 0.1) is 0 Å². The van der Waals surface area contributed by atoms with Gasteiger partial charge in [-0.05, 0) is 63.6 Å². The number of amides is 1. The van der Waals surface area contributed by atoms with E-state index in [0.29, 0.717) is 29.3 Å². The van der Waals surface area contributed by atoms with Crippen molar-refractivity contribution in [2.75, 3.05) is 11.6 Å². The molecule has 2 aromatic heterocycles. The molecule has 186 valence electrons. The van der Waals surface area contributed by atoms with Crippen LogP contribution in [0.4, 0.5) is 5.82 Å². The molecule has 37 heavy (non-hydrogen) atoms. The van der Waals surface area contributed by atoms with Gasteiger partial charge in [0.05, 0.1) is 16.4 Å². The zero-order valence-electron chi connectivity index (χ0n) is 19.9.